The molecule has 0 amide bonds. The van der Waals surface area contributed by atoms with Crippen molar-refractivity contribution in [2.75, 3.05) is 0 Å². The Kier molecular flexibility index (Phi) is 4.68. The average molecular weight is 247 g/mol. The first-order chi connectivity index (χ1) is 9.15. The molecule has 0 aliphatic heterocycles. The Morgan fingerprint density at radius 1 is 1.05 bits per heavy atom. The van der Waals surface area contributed by atoms with E-state index in [1.807, 2.05) is 12.1 Å². The first-order valence-corrected chi connectivity index (χ1v) is 5.34. The Morgan fingerprint density at radius 3 is 2.05 bits per heavy atom. The maximum Gasteiger partial charge on any atom is 0.149 e. The van der Waals surface area contributed by atoms with E-state index in [4.69, 9.17) is 26.8 Å². The second-order valence-electron chi connectivity index (χ2n) is 3.75. The fraction of sp³-hybridized carbons (Fsp3) is 0.143. The van der Waals surface area contributed by atoms with Crippen LogP contribution in [0.5, 0.6) is 0 Å². The van der Waals surface area contributed by atoms with Crippen molar-refractivity contribution in [1.29, 1.82) is 21.0 Å². The van der Waals surface area contributed by atoms with Gasteiger partial charge in [0.05, 0.1) is 29.3 Å². The van der Waals surface area contributed by atoms with E-state index in [0.29, 0.717) is 12.0 Å². The number of nitriles is 4. The smallest absolute Gasteiger partial charge is 0.149 e. The molecule has 0 spiro atoms. The molecule has 5 heteroatoms. The molecular weight excluding hydrogens is 238 g/mol. The molecule has 90 valence electrons. The summed E-state index contributed by atoms with van der Waals surface area (Å²) in [6.45, 7) is 0. The lowest BCUT2D eigenvalue weighted by Crippen LogP contribution is -2.15. The summed E-state index contributed by atoms with van der Waals surface area (Å²) in [6.07, 6.45) is 0.293. The fourth-order valence-corrected chi connectivity index (χ4v) is 1.50. The van der Waals surface area contributed by atoms with Gasteiger partial charge in [-0.05, 0) is 24.1 Å². The molecule has 0 aromatic heterocycles. The van der Waals surface area contributed by atoms with Crippen molar-refractivity contribution in [2.24, 2.45) is 11.7 Å². The molecular formula is C14H9N5. The highest BCUT2D eigenvalue weighted by Crippen LogP contribution is 2.16. The zero-order valence-corrected chi connectivity index (χ0v) is 9.96. The number of hydrogen-bond acceptors (Lipinski definition) is 5. The van der Waals surface area contributed by atoms with Crippen LogP contribution in [0.25, 0.3) is 0 Å². The van der Waals surface area contributed by atoms with Gasteiger partial charge in [0.25, 0.3) is 0 Å². The third kappa shape index (κ3) is 3.34. The topological polar surface area (TPSA) is 121 Å². The molecule has 0 saturated heterocycles. The highest BCUT2D eigenvalue weighted by Gasteiger charge is 2.16. The SMILES string of the molecule is N#CC(C#N)=C(N)[C@H](C#N)Cc1ccc(C#N)cc1. The van der Waals surface area contributed by atoms with Crippen molar-refractivity contribution in [3.63, 3.8) is 0 Å². The lowest BCUT2D eigenvalue weighted by Gasteiger charge is -2.09. The van der Waals surface area contributed by atoms with Gasteiger partial charge in [0.2, 0.25) is 0 Å². The van der Waals surface area contributed by atoms with Gasteiger partial charge < -0.3 is 5.73 Å². The molecule has 0 radical (unpaired) electrons. The molecule has 0 fully saturated rings. The molecule has 19 heavy (non-hydrogen) atoms. The van der Waals surface area contributed by atoms with Gasteiger partial charge in [0.1, 0.15) is 17.7 Å². The molecule has 1 rings (SSSR count). The summed E-state index contributed by atoms with van der Waals surface area (Å²) in [6, 6.07) is 14.0. The number of nitrogens with two attached hydrogens (primary N) is 1. The van der Waals surface area contributed by atoms with Crippen LogP contribution in [0.2, 0.25) is 0 Å². The van der Waals surface area contributed by atoms with Crippen LogP contribution in [0.4, 0.5) is 0 Å². The molecule has 0 aliphatic rings. The molecule has 1 aromatic rings. The Hall–Kier alpha value is -3.28. The Balaban J connectivity index is 3.00. The number of allylic oxidation sites excluding steroid dienone is 2. The number of hydrogen-bond donors (Lipinski definition) is 1. The minimum atomic E-state index is -0.734. The van der Waals surface area contributed by atoms with Crippen LogP contribution in [0.3, 0.4) is 0 Å². The Morgan fingerprint density at radius 2 is 1.63 bits per heavy atom. The second kappa shape index (κ2) is 6.45. The fourth-order valence-electron chi connectivity index (χ4n) is 1.50. The van der Waals surface area contributed by atoms with E-state index in [1.54, 1.807) is 36.4 Å². The summed E-state index contributed by atoms with van der Waals surface area (Å²) in [5.41, 5.74) is 6.74. The van der Waals surface area contributed by atoms with E-state index in [1.165, 1.54) is 0 Å². The molecule has 0 bridgehead atoms. The molecule has 1 atom stereocenters. The lowest BCUT2D eigenvalue weighted by atomic mass is 9.95. The van der Waals surface area contributed by atoms with Crippen molar-refractivity contribution >= 4 is 0 Å². The van der Waals surface area contributed by atoms with Crippen LogP contribution in [0.15, 0.2) is 35.5 Å². The summed E-state index contributed by atoms with van der Waals surface area (Å²) in [4.78, 5) is 0. The lowest BCUT2D eigenvalue weighted by molar-refractivity contribution is 0.753. The van der Waals surface area contributed by atoms with Crippen LogP contribution in [-0.4, -0.2) is 0 Å². The van der Waals surface area contributed by atoms with E-state index < -0.39 is 5.92 Å². The van der Waals surface area contributed by atoms with Gasteiger partial charge in [-0.1, -0.05) is 12.1 Å². The predicted molar refractivity (Wildman–Crippen MR) is 66.4 cm³/mol. The normalized spacial score (nSPS) is 10.1. The Labute approximate surface area is 111 Å². The summed E-state index contributed by atoms with van der Waals surface area (Å²) in [7, 11) is 0. The minimum absolute atomic E-state index is 0.0168. The molecule has 1 aromatic carbocycles. The number of nitrogens with zero attached hydrogens (tertiary/aromatic N) is 4. The van der Waals surface area contributed by atoms with E-state index in [9.17, 15) is 0 Å². The van der Waals surface area contributed by atoms with Crippen molar-refractivity contribution in [3.8, 4) is 24.3 Å². The largest absolute Gasteiger partial charge is 0.399 e. The molecule has 2 N–H and O–H groups in total. The minimum Gasteiger partial charge on any atom is -0.399 e. The van der Waals surface area contributed by atoms with Gasteiger partial charge in [-0.2, -0.15) is 21.0 Å². The van der Waals surface area contributed by atoms with Crippen molar-refractivity contribution < 1.29 is 0 Å². The van der Waals surface area contributed by atoms with Crippen LogP contribution in [0, 0.1) is 51.2 Å². The molecule has 0 heterocycles. The zero-order chi connectivity index (χ0) is 14.3. The van der Waals surface area contributed by atoms with E-state index in [2.05, 4.69) is 0 Å². The maximum atomic E-state index is 9.06. The summed E-state index contributed by atoms with van der Waals surface area (Å²) in [5.74, 6) is -0.734. The highest BCUT2D eigenvalue weighted by molar-refractivity contribution is 5.42. The second-order valence-corrected chi connectivity index (χ2v) is 3.75. The maximum absolute atomic E-state index is 9.06. The number of rotatable bonds is 3. The molecule has 0 aliphatic carbocycles. The predicted octanol–water partition coefficient (Wildman–Crippen LogP) is 1.50. The number of benzene rings is 1. The van der Waals surface area contributed by atoms with Crippen LogP contribution >= 0.6 is 0 Å². The van der Waals surface area contributed by atoms with E-state index in [0.717, 1.165) is 5.56 Å². The van der Waals surface area contributed by atoms with E-state index >= 15 is 0 Å². The first kappa shape index (κ1) is 13.8. The molecule has 0 saturated carbocycles. The van der Waals surface area contributed by atoms with Gasteiger partial charge in [-0.3, -0.25) is 0 Å². The quantitative estimate of drug-likeness (QED) is 0.811. The van der Waals surface area contributed by atoms with Gasteiger partial charge >= 0.3 is 0 Å². The van der Waals surface area contributed by atoms with Crippen LogP contribution in [-0.2, 0) is 6.42 Å². The Bertz CT molecular complexity index is 640. The third-order valence-corrected chi connectivity index (χ3v) is 2.57. The third-order valence-electron chi connectivity index (χ3n) is 2.57. The first-order valence-electron chi connectivity index (χ1n) is 5.34. The van der Waals surface area contributed by atoms with Gasteiger partial charge in [-0.15, -0.1) is 0 Å². The monoisotopic (exact) mass is 247 g/mol. The van der Waals surface area contributed by atoms with Crippen molar-refractivity contribution in [2.45, 2.75) is 6.42 Å². The molecule has 5 nitrogen and oxygen atoms in total. The van der Waals surface area contributed by atoms with Crippen molar-refractivity contribution in [1.82, 2.24) is 0 Å². The van der Waals surface area contributed by atoms with Crippen LogP contribution < -0.4 is 5.73 Å². The zero-order valence-electron chi connectivity index (χ0n) is 9.96. The molecule has 0 unspecified atom stereocenters. The summed E-state index contributed by atoms with van der Waals surface area (Å²) in [5, 5.41) is 35.2. The van der Waals surface area contributed by atoms with Gasteiger partial charge in [0, 0.05) is 0 Å². The summed E-state index contributed by atoms with van der Waals surface area (Å²) >= 11 is 0. The van der Waals surface area contributed by atoms with E-state index in [-0.39, 0.29) is 11.3 Å². The van der Waals surface area contributed by atoms with Gasteiger partial charge in [0.15, 0.2) is 0 Å². The average Bonchev–Trinajstić information content (AvgIpc) is 2.46. The van der Waals surface area contributed by atoms with Gasteiger partial charge in [-0.25, -0.2) is 0 Å². The summed E-state index contributed by atoms with van der Waals surface area (Å²) < 4.78 is 0. The highest BCUT2D eigenvalue weighted by atomic mass is 14.6. The van der Waals surface area contributed by atoms with Crippen LogP contribution in [0.1, 0.15) is 11.1 Å². The standard InChI is InChI=1S/C14H9N5/c15-6-11-3-1-10(2-4-11)5-12(7-16)14(19)13(8-17)9-18/h1-4,12H,5,19H2/t12-/m0/s1. The van der Waals surface area contributed by atoms with Crippen molar-refractivity contribution in [3.05, 3.63) is 46.7 Å².